The molecule has 1 aromatic heterocycles. The Hall–Kier alpha value is 0.708. The van der Waals surface area contributed by atoms with E-state index in [1.54, 1.807) is 12.4 Å². The first kappa shape index (κ1) is 67.4. The molecule has 0 aliphatic carbocycles. The van der Waals surface area contributed by atoms with Crippen molar-refractivity contribution in [2.45, 2.75) is 0 Å². The molecule has 11 nitrogen and oxygen atoms in total. The average molecular weight is 914 g/mol. The normalized spacial score (nSPS) is 5.95. The van der Waals surface area contributed by atoms with Crippen LogP contribution in [0, 0.1) is 7.43 Å². The molecule has 0 unspecified atom stereocenters. The van der Waals surface area contributed by atoms with E-state index in [1.807, 2.05) is 0 Å². The van der Waals surface area contributed by atoms with Crippen molar-refractivity contribution in [1.82, 2.24) is 15.4 Å². The van der Waals surface area contributed by atoms with Gasteiger partial charge in [-0.2, -0.15) is 0 Å². The van der Waals surface area contributed by atoms with Crippen molar-refractivity contribution < 1.29 is 21.1 Å². The number of nitrogens with two attached hydrogens (primary N) is 8. The Balaban J connectivity index is -0.0000000302. The summed E-state index contributed by atoms with van der Waals surface area (Å²) in [5.74, 6) is 0. The molecule has 0 fully saturated rings. The first-order valence-corrected chi connectivity index (χ1v) is 13.4. The molecule has 39 heavy (non-hydrogen) atoms. The second-order valence-corrected chi connectivity index (χ2v) is 12.3. The number of hydrogen-bond acceptors (Lipinski definition) is 18. The molecule has 0 saturated carbocycles. The van der Waals surface area contributed by atoms with Gasteiger partial charge in [-0.15, -0.1) is 5.10 Å². The number of nitrogens with zero attached hydrogens (tertiary/aromatic N) is 2. The second kappa shape index (κ2) is 62.4. The van der Waals surface area contributed by atoms with E-state index >= 15 is 0 Å². The summed E-state index contributed by atoms with van der Waals surface area (Å²) in [7, 11) is 0. The fourth-order valence-corrected chi connectivity index (χ4v) is 0.167. The summed E-state index contributed by atoms with van der Waals surface area (Å²) in [5, 5.41) is 9.26. The van der Waals surface area contributed by atoms with E-state index in [4.69, 9.17) is 0 Å². The summed E-state index contributed by atoms with van der Waals surface area (Å²) in [6, 6.07) is 0. The van der Waals surface area contributed by atoms with Gasteiger partial charge in [-0.1, -0.05) is 39.8 Å². The molecule has 220 valence electrons. The topological polar surface area (TPSA) is 250 Å². The van der Waals surface area contributed by atoms with Gasteiger partial charge in [0.25, 0.3) is 0 Å². The van der Waals surface area contributed by atoms with Crippen LogP contribution in [0.1, 0.15) is 0 Å². The van der Waals surface area contributed by atoms with E-state index in [1.165, 1.54) is 0 Å². The molecule has 0 saturated heterocycles. The summed E-state index contributed by atoms with van der Waals surface area (Å²) in [5.41, 5.74) is 37.3. The third kappa shape index (κ3) is 1600. The van der Waals surface area contributed by atoms with E-state index in [2.05, 4.69) is 260 Å². The van der Waals surface area contributed by atoms with Gasteiger partial charge < -0.3 is 245 Å². The van der Waals surface area contributed by atoms with Gasteiger partial charge in [0, 0.05) is 6.20 Å². The Labute approximate surface area is 331 Å². The Morgan fingerprint density at radius 1 is 0.462 bits per heavy atom. The van der Waals surface area contributed by atoms with E-state index in [0.29, 0.717) is 0 Å². The van der Waals surface area contributed by atoms with Gasteiger partial charge in [-0.05, 0) is 0 Å². The average Bonchev–Trinajstić information content (AvgIpc) is 3.08. The monoisotopic (exact) mass is 915 g/mol. The Kier molecular flexibility index (Phi) is 108. The maximum absolute atomic E-state index is 4.66. The summed E-state index contributed by atoms with van der Waals surface area (Å²) < 4.78 is 0.667. The molecule has 0 atom stereocenters. The van der Waals surface area contributed by atoms with Crippen LogP contribution in [0.4, 0.5) is 0 Å². The van der Waals surface area contributed by atoms with Crippen molar-refractivity contribution in [2.24, 2.45) is 45.9 Å². The van der Waals surface area contributed by atoms with Crippen LogP contribution in [0.3, 0.4) is 0 Å². The number of hydrogen-bond donors (Lipinski definition) is 9. The molecule has 0 bridgehead atoms. The van der Waals surface area contributed by atoms with Crippen molar-refractivity contribution in [3.05, 3.63) is 19.8 Å². The zero-order chi connectivity index (χ0) is 32.2. The van der Waals surface area contributed by atoms with E-state index in [-0.39, 0.29) is 63.1 Å². The van der Waals surface area contributed by atoms with Crippen LogP contribution in [-0.2, 0) is 122 Å². The zero-order valence-corrected chi connectivity index (χ0v) is 33.7. The fraction of sp³-hybridized carbons (Fsp3) is 0. The second-order valence-electron chi connectivity index (χ2n) is 3.21. The number of aromatic nitrogens is 3. The minimum absolute atomic E-state index is 0. The number of thiocarbonyl (C=S) groups is 8. The molecular formula is C11H19MoN11S16. The van der Waals surface area contributed by atoms with Crippen molar-refractivity contribution in [2.75, 3.05) is 0 Å². The SMILES string of the molecule is NC(=S)[S-].NC(=S)[S-].NC(=S)[S-].NC(=S)[S-].NC(=S)[S-].NC(=S)[S-].NC(=S)[S-].NC(=S)[S-].[C+4].[Mo+4].c1c[nH]nn1. The van der Waals surface area contributed by atoms with Crippen LogP contribution in [0.2, 0.25) is 0 Å². The third-order valence-corrected chi connectivity index (χ3v) is 0.331. The van der Waals surface area contributed by atoms with E-state index in [0.717, 1.165) is 0 Å². The van der Waals surface area contributed by atoms with Gasteiger partial charge in [-0.3, -0.25) is 5.10 Å². The van der Waals surface area contributed by atoms with Crippen molar-refractivity contribution in [3.8, 4) is 0 Å². The molecule has 0 radical (unpaired) electrons. The van der Waals surface area contributed by atoms with Gasteiger partial charge in [-0.25, -0.2) is 0 Å². The van der Waals surface area contributed by atoms with Gasteiger partial charge >= 0.3 is 28.5 Å². The van der Waals surface area contributed by atoms with Crippen LogP contribution in [0.25, 0.3) is 0 Å². The molecule has 17 N–H and O–H groups in total. The molecule has 0 aliphatic rings. The Bertz CT molecular complexity index is 542. The van der Waals surface area contributed by atoms with Crippen LogP contribution in [0.15, 0.2) is 12.4 Å². The molecule has 1 heterocycles. The standard InChI is InChI=1S/C2H3N3.8CH3NS2.C.Mo/c1-2-4-5-3-1;8*2-1(3)4;;/h1-2H,(H,3,4,5);8*(H3,2,3,4);;/q;;;;;;;;;2*+4/p-8. The number of aromatic amines is 1. The molecule has 0 aromatic carbocycles. The molecule has 0 amide bonds. The Morgan fingerprint density at radius 2 is 0.590 bits per heavy atom. The Morgan fingerprint density at radius 3 is 0.615 bits per heavy atom. The largest absolute Gasteiger partial charge is 4.00 e. The van der Waals surface area contributed by atoms with E-state index < -0.39 is 0 Å². The van der Waals surface area contributed by atoms with Crippen molar-refractivity contribution in [1.29, 1.82) is 0 Å². The summed E-state index contributed by atoms with van der Waals surface area (Å²) in [6.07, 6.45) is 3.24. The van der Waals surface area contributed by atoms with Crippen molar-refractivity contribution >= 4 is 233 Å². The smallest absolute Gasteiger partial charge is 0.415 e. The van der Waals surface area contributed by atoms with Crippen LogP contribution in [-0.4, -0.2) is 50.0 Å². The quantitative estimate of drug-likeness (QED) is 0.0784. The van der Waals surface area contributed by atoms with Crippen molar-refractivity contribution in [3.63, 3.8) is 0 Å². The van der Waals surface area contributed by atoms with Gasteiger partial charge in [0.1, 0.15) is 0 Å². The minimum atomic E-state index is 0. The molecular weight excluding hydrogens is 895 g/mol. The number of H-pyrrole nitrogens is 1. The number of rotatable bonds is 0. The van der Waals surface area contributed by atoms with Gasteiger partial charge in [0.05, 0.1) is 6.20 Å². The minimum Gasteiger partial charge on any atom is -0.415 e. The predicted octanol–water partition coefficient (Wildman–Crippen LogP) is -1.90. The molecule has 1 rings (SSSR count). The molecule has 0 aliphatic heterocycles. The summed E-state index contributed by atoms with van der Waals surface area (Å²) >= 11 is 66.1. The molecule has 0 spiro atoms. The number of nitrogens with one attached hydrogen (secondary N) is 1. The maximum Gasteiger partial charge on any atom is 4.00 e. The van der Waals surface area contributed by atoms with Gasteiger partial charge in [0.2, 0.25) is 0 Å². The first-order valence-electron chi connectivity index (χ1n) is 6.88. The van der Waals surface area contributed by atoms with Crippen LogP contribution < -0.4 is 45.9 Å². The predicted molar refractivity (Wildman–Crippen MR) is 213 cm³/mol. The maximum atomic E-state index is 4.66. The van der Waals surface area contributed by atoms with Crippen LogP contribution in [0.5, 0.6) is 0 Å². The fourth-order valence-electron chi connectivity index (χ4n) is 0.167. The van der Waals surface area contributed by atoms with Gasteiger partial charge in [0.15, 0.2) is 0 Å². The summed E-state index contributed by atoms with van der Waals surface area (Å²) in [4.78, 5) is 0. The summed E-state index contributed by atoms with van der Waals surface area (Å²) in [6.45, 7) is 0. The molecule has 28 heteroatoms. The molecule has 1 aromatic rings. The third-order valence-electron chi connectivity index (χ3n) is 0.331. The van der Waals surface area contributed by atoms with Crippen LogP contribution >= 0.6 is 97.7 Å². The first-order chi connectivity index (χ1) is 16.4. The van der Waals surface area contributed by atoms with E-state index in [9.17, 15) is 0 Å². The zero-order valence-electron chi connectivity index (χ0n) is 18.6.